The third-order valence-electron chi connectivity index (χ3n) is 4.68. The Hall–Kier alpha value is -3.34. The number of benzene rings is 2. The lowest BCUT2D eigenvalue weighted by Gasteiger charge is -2.13. The average molecular weight is 357 g/mol. The number of hydrogen-bond donors (Lipinski definition) is 1. The molecule has 5 heteroatoms. The second kappa shape index (κ2) is 7.50. The lowest BCUT2D eigenvalue weighted by molar-refractivity contribution is 0.0947. The van der Waals surface area contributed by atoms with Crippen molar-refractivity contribution in [3.05, 3.63) is 83.2 Å². The second-order valence-electron chi connectivity index (χ2n) is 6.59. The number of rotatable bonds is 4. The van der Waals surface area contributed by atoms with E-state index >= 15 is 0 Å². The number of aromatic nitrogens is 2. The van der Waals surface area contributed by atoms with Crippen molar-refractivity contribution in [2.45, 2.75) is 25.8 Å². The van der Waals surface area contributed by atoms with Gasteiger partial charge in [-0.15, -0.1) is 0 Å². The minimum absolute atomic E-state index is 0.0804. The van der Waals surface area contributed by atoms with Gasteiger partial charge in [-0.1, -0.05) is 42.5 Å². The number of aryl methyl sites for hydroxylation is 1. The minimum Gasteiger partial charge on any atom is -0.348 e. The maximum Gasteiger partial charge on any atom is 0.251 e. The van der Waals surface area contributed by atoms with Crippen LogP contribution in [-0.2, 0) is 13.0 Å². The van der Waals surface area contributed by atoms with Crippen LogP contribution in [0.4, 0.5) is 0 Å². The highest BCUT2D eigenvalue weighted by Crippen LogP contribution is 2.22. The maximum atomic E-state index is 12.3. The molecule has 0 radical (unpaired) electrons. The minimum atomic E-state index is -0.132. The molecule has 0 atom stereocenters. The molecule has 0 bridgehead atoms. The van der Waals surface area contributed by atoms with Gasteiger partial charge in [-0.05, 0) is 36.1 Å². The van der Waals surface area contributed by atoms with E-state index in [4.69, 9.17) is 0 Å². The number of fused-ring (bicyclic) bond motifs is 1. The SMILES string of the molecule is O=C(NCc1ccccc1)c1ccc(-c2ncc3c(n2)C(=O)CCC3)cc1. The lowest BCUT2D eigenvalue weighted by Crippen LogP contribution is -2.22. The summed E-state index contributed by atoms with van der Waals surface area (Å²) in [6, 6.07) is 16.9. The van der Waals surface area contributed by atoms with E-state index in [1.807, 2.05) is 42.5 Å². The van der Waals surface area contributed by atoms with Gasteiger partial charge in [-0.3, -0.25) is 9.59 Å². The Balaban J connectivity index is 1.48. The lowest BCUT2D eigenvalue weighted by atomic mass is 9.96. The van der Waals surface area contributed by atoms with E-state index in [-0.39, 0.29) is 11.7 Å². The van der Waals surface area contributed by atoms with Gasteiger partial charge in [0.15, 0.2) is 11.6 Å². The smallest absolute Gasteiger partial charge is 0.251 e. The molecule has 1 aliphatic rings. The molecule has 27 heavy (non-hydrogen) atoms. The zero-order chi connectivity index (χ0) is 18.6. The van der Waals surface area contributed by atoms with E-state index in [1.165, 1.54) is 0 Å². The van der Waals surface area contributed by atoms with E-state index < -0.39 is 0 Å². The van der Waals surface area contributed by atoms with E-state index in [0.717, 1.165) is 29.5 Å². The molecule has 5 nitrogen and oxygen atoms in total. The first-order valence-corrected chi connectivity index (χ1v) is 9.02. The molecule has 1 N–H and O–H groups in total. The maximum absolute atomic E-state index is 12.3. The Morgan fingerprint density at radius 2 is 1.78 bits per heavy atom. The molecular formula is C22H19N3O2. The van der Waals surface area contributed by atoms with Gasteiger partial charge in [0.05, 0.1) is 0 Å². The van der Waals surface area contributed by atoms with Crippen LogP contribution in [0.5, 0.6) is 0 Å². The molecule has 2 aromatic carbocycles. The Morgan fingerprint density at radius 1 is 1.00 bits per heavy atom. The molecule has 1 heterocycles. The molecule has 0 aliphatic heterocycles. The monoisotopic (exact) mass is 357 g/mol. The Morgan fingerprint density at radius 3 is 2.56 bits per heavy atom. The van der Waals surface area contributed by atoms with Gasteiger partial charge in [0.1, 0.15) is 5.69 Å². The first-order valence-electron chi connectivity index (χ1n) is 9.02. The van der Waals surface area contributed by atoms with Crippen LogP contribution in [-0.4, -0.2) is 21.7 Å². The van der Waals surface area contributed by atoms with Crippen LogP contribution < -0.4 is 5.32 Å². The topological polar surface area (TPSA) is 72.0 Å². The fraction of sp³-hybridized carbons (Fsp3) is 0.182. The number of ketones is 1. The molecular weight excluding hydrogens is 338 g/mol. The zero-order valence-electron chi connectivity index (χ0n) is 14.8. The Bertz CT molecular complexity index is 982. The van der Waals surface area contributed by atoms with Gasteiger partial charge in [0.25, 0.3) is 5.91 Å². The van der Waals surface area contributed by atoms with Gasteiger partial charge >= 0.3 is 0 Å². The van der Waals surface area contributed by atoms with Gasteiger partial charge in [0.2, 0.25) is 0 Å². The predicted octanol–water partition coefficient (Wildman–Crippen LogP) is 3.59. The van der Waals surface area contributed by atoms with Crippen LogP contribution in [0.25, 0.3) is 11.4 Å². The van der Waals surface area contributed by atoms with E-state index in [1.54, 1.807) is 18.3 Å². The summed E-state index contributed by atoms with van der Waals surface area (Å²) in [5.41, 5.74) is 3.87. The summed E-state index contributed by atoms with van der Waals surface area (Å²) < 4.78 is 0. The zero-order valence-corrected chi connectivity index (χ0v) is 14.8. The van der Waals surface area contributed by atoms with E-state index in [2.05, 4.69) is 15.3 Å². The molecule has 134 valence electrons. The second-order valence-corrected chi connectivity index (χ2v) is 6.59. The highest BCUT2D eigenvalue weighted by Gasteiger charge is 2.20. The van der Waals surface area contributed by atoms with Crippen LogP contribution in [0.3, 0.4) is 0 Å². The van der Waals surface area contributed by atoms with Gasteiger partial charge in [-0.25, -0.2) is 9.97 Å². The number of hydrogen-bond acceptors (Lipinski definition) is 4. The van der Waals surface area contributed by atoms with Crippen molar-refractivity contribution in [2.75, 3.05) is 0 Å². The highest BCUT2D eigenvalue weighted by atomic mass is 16.1. The van der Waals surface area contributed by atoms with E-state index in [0.29, 0.717) is 30.0 Å². The number of nitrogens with one attached hydrogen (secondary N) is 1. The molecule has 0 unspecified atom stereocenters. The summed E-state index contributed by atoms with van der Waals surface area (Å²) in [6.45, 7) is 0.484. The molecule has 0 saturated carbocycles. The van der Waals surface area contributed by atoms with Crippen molar-refractivity contribution in [1.82, 2.24) is 15.3 Å². The molecule has 3 aromatic rings. The van der Waals surface area contributed by atoms with Gasteiger partial charge in [-0.2, -0.15) is 0 Å². The predicted molar refractivity (Wildman–Crippen MR) is 102 cm³/mol. The van der Waals surface area contributed by atoms with Crippen molar-refractivity contribution in [3.63, 3.8) is 0 Å². The first-order chi connectivity index (χ1) is 13.2. The fourth-order valence-electron chi connectivity index (χ4n) is 3.18. The summed E-state index contributed by atoms with van der Waals surface area (Å²) in [4.78, 5) is 33.2. The Kier molecular flexibility index (Phi) is 4.75. The number of amides is 1. The molecule has 1 aromatic heterocycles. The normalized spacial score (nSPS) is 13.1. The fourth-order valence-corrected chi connectivity index (χ4v) is 3.18. The van der Waals surface area contributed by atoms with Crippen molar-refractivity contribution < 1.29 is 9.59 Å². The molecule has 1 amide bonds. The number of nitrogens with zero attached hydrogens (tertiary/aromatic N) is 2. The van der Waals surface area contributed by atoms with Crippen LogP contribution >= 0.6 is 0 Å². The van der Waals surface area contributed by atoms with E-state index in [9.17, 15) is 9.59 Å². The molecule has 0 spiro atoms. The van der Waals surface area contributed by atoms with Crippen LogP contribution in [0.15, 0.2) is 60.8 Å². The van der Waals surface area contributed by atoms with Gasteiger partial charge in [0, 0.05) is 30.3 Å². The summed E-state index contributed by atoms with van der Waals surface area (Å²) in [5, 5.41) is 2.91. The third-order valence-corrected chi connectivity index (χ3v) is 4.68. The van der Waals surface area contributed by atoms with Crippen LogP contribution in [0, 0.1) is 0 Å². The highest BCUT2D eigenvalue weighted by molar-refractivity contribution is 5.97. The first kappa shape index (κ1) is 17.1. The van der Waals surface area contributed by atoms with Crippen molar-refractivity contribution >= 4 is 11.7 Å². The van der Waals surface area contributed by atoms with Crippen molar-refractivity contribution in [3.8, 4) is 11.4 Å². The largest absolute Gasteiger partial charge is 0.348 e. The molecule has 0 saturated heterocycles. The quantitative estimate of drug-likeness (QED) is 0.774. The number of carbonyl (C=O) groups is 2. The summed E-state index contributed by atoms with van der Waals surface area (Å²) in [6.07, 6.45) is 4.00. The third kappa shape index (κ3) is 3.77. The van der Waals surface area contributed by atoms with Crippen LogP contribution in [0.2, 0.25) is 0 Å². The molecule has 0 fully saturated rings. The Labute approximate surface area is 157 Å². The average Bonchev–Trinajstić information content (AvgIpc) is 2.73. The molecule has 1 aliphatic carbocycles. The van der Waals surface area contributed by atoms with Crippen molar-refractivity contribution in [1.29, 1.82) is 0 Å². The van der Waals surface area contributed by atoms with Crippen molar-refractivity contribution in [2.24, 2.45) is 0 Å². The standard InChI is InChI=1S/C22H19N3O2/c26-19-8-4-7-18-14-23-21(25-20(18)19)16-9-11-17(12-10-16)22(27)24-13-15-5-2-1-3-6-15/h1-3,5-6,9-12,14H,4,7-8,13H2,(H,24,27). The molecule has 4 rings (SSSR count). The summed E-state index contributed by atoms with van der Waals surface area (Å²) in [7, 11) is 0. The van der Waals surface area contributed by atoms with Gasteiger partial charge < -0.3 is 5.32 Å². The number of carbonyl (C=O) groups excluding carboxylic acids is 2. The number of Topliss-reactive ketones (excluding diaryl/α,β-unsaturated/α-hetero) is 1. The van der Waals surface area contributed by atoms with Crippen LogP contribution in [0.1, 0.15) is 44.8 Å². The summed E-state index contributed by atoms with van der Waals surface area (Å²) >= 11 is 0. The summed E-state index contributed by atoms with van der Waals surface area (Å²) in [5.74, 6) is 0.462.